The Balaban J connectivity index is 1.90. The Kier molecular flexibility index (Phi) is 4.85. The number of para-hydroxylation sites is 1. The molecule has 1 fully saturated rings. The van der Waals surface area contributed by atoms with Crippen LogP contribution in [0.15, 0.2) is 36.5 Å². The van der Waals surface area contributed by atoms with Gasteiger partial charge in [-0.15, -0.1) is 0 Å². The fourth-order valence-electron chi connectivity index (χ4n) is 2.70. The quantitative estimate of drug-likeness (QED) is 0.912. The van der Waals surface area contributed by atoms with Crippen LogP contribution in [-0.4, -0.2) is 46.3 Å². The summed E-state index contributed by atoms with van der Waals surface area (Å²) in [6.07, 6.45) is 2.61. The number of benzene rings is 1. The van der Waals surface area contributed by atoms with E-state index in [-0.39, 0.29) is 11.9 Å². The summed E-state index contributed by atoms with van der Waals surface area (Å²) in [5.74, 6) is 0.780. The largest absolute Gasteiger partial charge is 0.489 e. The van der Waals surface area contributed by atoms with E-state index in [1.165, 1.54) is 0 Å². The van der Waals surface area contributed by atoms with E-state index in [4.69, 9.17) is 10.5 Å². The second-order valence-electron chi connectivity index (χ2n) is 6.63. The molecular formula is C18H24N4O2. The summed E-state index contributed by atoms with van der Waals surface area (Å²) < 4.78 is 7.54. The van der Waals surface area contributed by atoms with Gasteiger partial charge in [-0.25, -0.2) is 4.68 Å². The van der Waals surface area contributed by atoms with Crippen LogP contribution in [0, 0.1) is 5.92 Å². The fraction of sp³-hybridized carbons (Fsp3) is 0.444. The Hall–Kier alpha value is -2.34. The molecule has 1 amide bonds. The summed E-state index contributed by atoms with van der Waals surface area (Å²) in [5.41, 5.74) is 7.17. The van der Waals surface area contributed by atoms with Gasteiger partial charge in [0.05, 0.1) is 18.5 Å². The summed E-state index contributed by atoms with van der Waals surface area (Å²) in [6, 6.07) is 9.75. The number of hydrogen-bond acceptors (Lipinski definition) is 4. The fourth-order valence-corrected chi connectivity index (χ4v) is 2.70. The first kappa shape index (κ1) is 16.5. The van der Waals surface area contributed by atoms with Crippen molar-refractivity contribution < 1.29 is 9.53 Å². The molecule has 1 atom stereocenters. The number of nitrogens with two attached hydrogens (primary N) is 1. The highest BCUT2D eigenvalue weighted by Gasteiger charge is 2.29. The summed E-state index contributed by atoms with van der Waals surface area (Å²) >= 11 is 0. The number of carbonyl (C=O) groups is 1. The second kappa shape index (κ2) is 7.05. The lowest BCUT2D eigenvalue weighted by Crippen LogP contribution is -2.32. The van der Waals surface area contributed by atoms with Gasteiger partial charge in [-0.2, -0.15) is 5.10 Å². The van der Waals surface area contributed by atoms with Crippen molar-refractivity contribution in [2.24, 2.45) is 11.7 Å². The van der Waals surface area contributed by atoms with E-state index < -0.39 is 0 Å². The summed E-state index contributed by atoms with van der Waals surface area (Å²) in [6.45, 7) is 5.92. The van der Waals surface area contributed by atoms with E-state index in [2.05, 4.69) is 18.9 Å². The molecule has 1 aromatic carbocycles. The minimum Gasteiger partial charge on any atom is -0.489 e. The highest BCUT2D eigenvalue weighted by molar-refractivity contribution is 5.95. The molecule has 6 heteroatoms. The summed E-state index contributed by atoms with van der Waals surface area (Å²) in [4.78, 5) is 14.6. The molecule has 2 N–H and O–H groups in total. The first-order valence-corrected chi connectivity index (χ1v) is 8.37. The van der Waals surface area contributed by atoms with Crippen molar-refractivity contribution in [2.45, 2.75) is 26.3 Å². The highest BCUT2D eigenvalue weighted by Crippen LogP contribution is 2.23. The number of ether oxygens (including phenoxy) is 1. The summed E-state index contributed by atoms with van der Waals surface area (Å²) in [5, 5.41) is 4.49. The van der Waals surface area contributed by atoms with Gasteiger partial charge in [0.25, 0.3) is 5.91 Å². The van der Waals surface area contributed by atoms with Gasteiger partial charge in [0.1, 0.15) is 0 Å². The lowest BCUT2D eigenvalue weighted by Gasteiger charge is -2.15. The van der Waals surface area contributed by atoms with Crippen LogP contribution in [0.1, 0.15) is 30.8 Å². The zero-order valence-electron chi connectivity index (χ0n) is 14.2. The van der Waals surface area contributed by atoms with Gasteiger partial charge >= 0.3 is 0 Å². The molecule has 0 unspecified atom stereocenters. The number of likely N-dealkylation sites (tertiary alicyclic amines) is 1. The molecule has 1 aliphatic rings. The van der Waals surface area contributed by atoms with Crippen LogP contribution >= 0.6 is 0 Å². The van der Waals surface area contributed by atoms with Crippen LogP contribution in [0.2, 0.25) is 0 Å². The Morgan fingerprint density at radius 3 is 2.75 bits per heavy atom. The molecule has 0 radical (unpaired) electrons. The van der Waals surface area contributed by atoms with Crippen LogP contribution in [0.25, 0.3) is 5.69 Å². The van der Waals surface area contributed by atoms with Gasteiger partial charge in [-0.3, -0.25) is 4.79 Å². The number of rotatable bonds is 5. The number of aromatic nitrogens is 2. The van der Waals surface area contributed by atoms with Gasteiger partial charge in [-0.05, 0) is 24.5 Å². The Morgan fingerprint density at radius 2 is 2.12 bits per heavy atom. The average molecular weight is 328 g/mol. The van der Waals surface area contributed by atoms with Crippen LogP contribution in [-0.2, 0) is 0 Å². The Labute approximate surface area is 142 Å². The zero-order valence-corrected chi connectivity index (χ0v) is 14.2. The van der Waals surface area contributed by atoms with Gasteiger partial charge in [0.2, 0.25) is 0 Å². The predicted molar refractivity (Wildman–Crippen MR) is 92.4 cm³/mol. The molecule has 128 valence electrons. The molecule has 24 heavy (non-hydrogen) atoms. The second-order valence-corrected chi connectivity index (χ2v) is 6.63. The topological polar surface area (TPSA) is 73.4 Å². The van der Waals surface area contributed by atoms with Gasteiger partial charge in [0.15, 0.2) is 11.4 Å². The van der Waals surface area contributed by atoms with E-state index in [9.17, 15) is 4.79 Å². The molecule has 6 nitrogen and oxygen atoms in total. The third-order valence-corrected chi connectivity index (χ3v) is 3.99. The molecule has 1 saturated heterocycles. The third-order valence-electron chi connectivity index (χ3n) is 3.99. The van der Waals surface area contributed by atoms with Crippen LogP contribution in [0.3, 0.4) is 0 Å². The lowest BCUT2D eigenvalue weighted by atomic mass is 10.2. The zero-order chi connectivity index (χ0) is 17.1. The van der Waals surface area contributed by atoms with E-state index in [0.29, 0.717) is 37.1 Å². The molecule has 0 spiro atoms. The van der Waals surface area contributed by atoms with Crippen molar-refractivity contribution in [1.29, 1.82) is 0 Å². The van der Waals surface area contributed by atoms with Crippen molar-refractivity contribution in [3.63, 3.8) is 0 Å². The standard InChI is InChI=1S/C18H24N4O2/c1-13(2)12-24-16-11-22(15-6-4-3-5-7-15)20-17(16)18(23)21-9-8-14(19)10-21/h3-7,11,13-14H,8-10,12,19H2,1-2H3/t14-/m1/s1. The summed E-state index contributed by atoms with van der Waals surface area (Å²) in [7, 11) is 0. The third kappa shape index (κ3) is 3.59. The maximum Gasteiger partial charge on any atom is 0.278 e. The molecule has 1 aliphatic heterocycles. The lowest BCUT2D eigenvalue weighted by molar-refractivity contribution is 0.0779. The van der Waals surface area contributed by atoms with E-state index in [1.54, 1.807) is 15.8 Å². The predicted octanol–water partition coefficient (Wildman–Crippen LogP) is 2.08. The SMILES string of the molecule is CC(C)COc1cn(-c2ccccc2)nc1C(=O)N1CC[C@@H](N)C1. The van der Waals surface area contributed by atoms with Crippen molar-refractivity contribution in [3.8, 4) is 11.4 Å². The molecule has 2 heterocycles. The Bertz CT molecular complexity index is 696. The molecular weight excluding hydrogens is 304 g/mol. The van der Waals surface area contributed by atoms with Gasteiger partial charge < -0.3 is 15.4 Å². The highest BCUT2D eigenvalue weighted by atomic mass is 16.5. The maximum atomic E-state index is 12.8. The normalized spacial score (nSPS) is 17.5. The van der Waals surface area contributed by atoms with E-state index in [1.807, 2.05) is 30.3 Å². The molecule has 0 bridgehead atoms. The average Bonchev–Trinajstić information content (AvgIpc) is 3.19. The van der Waals surface area contributed by atoms with Gasteiger partial charge in [0, 0.05) is 19.1 Å². The van der Waals surface area contributed by atoms with Crippen LogP contribution in [0.4, 0.5) is 0 Å². The van der Waals surface area contributed by atoms with Crippen molar-refractivity contribution in [2.75, 3.05) is 19.7 Å². The molecule has 1 aromatic heterocycles. The minimum atomic E-state index is -0.114. The number of hydrogen-bond donors (Lipinski definition) is 1. The number of nitrogens with zero attached hydrogens (tertiary/aromatic N) is 3. The number of carbonyl (C=O) groups excluding carboxylic acids is 1. The van der Waals surface area contributed by atoms with Crippen LogP contribution in [0.5, 0.6) is 5.75 Å². The monoisotopic (exact) mass is 328 g/mol. The molecule has 0 saturated carbocycles. The van der Waals surface area contributed by atoms with E-state index in [0.717, 1.165) is 12.1 Å². The first-order chi connectivity index (χ1) is 11.5. The van der Waals surface area contributed by atoms with Gasteiger partial charge in [-0.1, -0.05) is 32.0 Å². The number of amides is 1. The van der Waals surface area contributed by atoms with E-state index >= 15 is 0 Å². The first-order valence-electron chi connectivity index (χ1n) is 8.37. The van der Waals surface area contributed by atoms with Crippen molar-refractivity contribution in [1.82, 2.24) is 14.7 Å². The Morgan fingerprint density at radius 1 is 1.38 bits per heavy atom. The maximum absolute atomic E-state index is 12.8. The smallest absolute Gasteiger partial charge is 0.278 e. The van der Waals surface area contributed by atoms with Crippen molar-refractivity contribution in [3.05, 3.63) is 42.2 Å². The van der Waals surface area contributed by atoms with Crippen LogP contribution < -0.4 is 10.5 Å². The minimum absolute atomic E-state index is 0.0465. The molecule has 3 rings (SSSR count). The molecule has 2 aromatic rings. The van der Waals surface area contributed by atoms with Crippen molar-refractivity contribution >= 4 is 5.91 Å². The molecule has 0 aliphatic carbocycles.